The molecule has 0 aliphatic carbocycles. The summed E-state index contributed by atoms with van der Waals surface area (Å²) in [6, 6.07) is 1.40. The predicted molar refractivity (Wildman–Crippen MR) is 56.0 cm³/mol. The molecule has 1 rings (SSSR count). The number of rotatable bonds is 5. The zero-order chi connectivity index (χ0) is 12.9. The van der Waals surface area contributed by atoms with E-state index in [1.807, 2.05) is 0 Å². The van der Waals surface area contributed by atoms with Crippen LogP contribution in [0.3, 0.4) is 0 Å². The van der Waals surface area contributed by atoms with Gasteiger partial charge in [-0.2, -0.15) is 13.2 Å². The summed E-state index contributed by atoms with van der Waals surface area (Å²) < 4.78 is 40.1. The minimum Gasteiger partial charge on any atom is -0.452 e. The molecular formula is C10H11ClF3NO2. The number of carbonyl (C=O) groups is 1. The van der Waals surface area contributed by atoms with Gasteiger partial charge in [0, 0.05) is 13.0 Å². The van der Waals surface area contributed by atoms with Crippen molar-refractivity contribution in [3.63, 3.8) is 0 Å². The molecule has 1 heterocycles. The molecule has 0 aliphatic heterocycles. The number of hydrogen-bond acceptors (Lipinski definition) is 2. The molecule has 0 aliphatic rings. The van der Waals surface area contributed by atoms with Crippen LogP contribution < -0.4 is 5.32 Å². The lowest BCUT2D eigenvalue weighted by molar-refractivity contribution is -0.135. The second-order valence-electron chi connectivity index (χ2n) is 3.44. The molecule has 96 valence electrons. The molecule has 1 N–H and O–H groups in total. The van der Waals surface area contributed by atoms with E-state index in [0.29, 0.717) is 0 Å². The van der Waals surface area contributed by atoms with Gasteiger partial charge in [-0.3, -0.25) is 4.79 Å². The molecule has 0 fully saturated rings. The first-order valence-corrected chi connectivity index (χ1v) is 5.36. The van der Waals surface area contributed by atoms with E-state index in [4.69, 9.17) is 16.0 Å². The topological polar surface area (TPSA) is 42.2 Å². The highest BCUT2D eigenvalue weighted by molar-refractivity contribution is 6.32. The third-order valence-electron chi connectivity index (χ3n) is 2.04. The third-order valence-corrected chi connectivity index (χ3v) is 2.33. The number of alkyl halides is 3. The first-order valence-electron chi connectivity index (χ1n) is 4.98. The molecule has 0 spiro atoms. The fourth-order valence-electron chi connectivity index (χ4n) is 1.20. The van der Waals surface area contributed by atoms with E-state index in [1.54, 1.807) is 0 Å². The first kappa shape index (κ1) is 13.9. The summed E-state index contributed by atoms with van der Waals surface area (Å²) in [5.41, 5.74) is 0.183. The van der Waals surface area contributed by atoms with Crippen molar-refractivity contribution < 1.29 is 22.4 Å². The van der Waals surface area contributed by atoms with Crippen LogP contribution in [-0.4, -0.2) is 18.6 Å². The SMILES string of the molecule is O=C(NCCCCC(F)(F)F)c1ccoc1Cl. The van der Waals surface area contributed by atoms with Gasteiger partial charge in [-0.15, -0.1) is 0 Å². The molecule has 1 aromatic heterocycles. The number of furan rings is 1. The highest BCUT2D eigenvalue weighted by Gasteiger charge is 2.25. The van der Waals surface area contributed by atoms with Crippen LogP contribution in [0.15, 0.2) is 16.7 Å². The van der Waals surface area contributed by atoms with Crippen molar-refractivity contribution in [1.82, 2.24) is 5.32 Å². The molecular weight excluding hydrogens is 259 g/mol. The monoisotopic (exact) mass is 269 g/mol. The van der Waals surface area contributed by atoms with Gasteiger partial charge < -0.3 is 9.73 Å². The normalized spacial score (nSPS) is 11.5. The fraction of sp³-hybridized carbons (Fsp3) is 0.500. The minimum atomic E-state index is -4.14. The molecule has 7 heteroatoms. The Morgan fingerprint density at radius 2 is 2.12 bits per heavy atom. The summed E-state index contributed by atoms with van der Waals surface area (Å²) in [4.78, 5) is 11.4. The molecule has 17 heavy (non-hydrogen) atoms. The maximum Gasteiger partial charge on any atom is 0.389 e. The first-order chi connectivity index (χ1) is 7.90. The molecule has 1 aromatic rings. The van der Waals surface area contributed by atoms with Gasteiger partial charge in [-0.1, -0.05) is 0 Å². The Balaban J connectivity index is 2.20. The Kier molecular flexibility index (Phi) is 4.86. The summed E-state index contributed by atoms with van der Waals surface area (Å²) in [6.07, 6.45) is -3.46. The summed E-state index contributed by atoms with van der Waals surface area (Å²) >= 11 is 5.56. The van der Waals surface area contributed by atoms with Crippen LogP contribution in [0.5, 0.6) is 0 Å². The van der Waals surface area contributed by atoms with E-state index in [0.717, 1.165) is 0 Å². The second kappa shape index (κ2) is 5.95. The Hall–Kier alpha value is -1.17. The summed E-state index contributed by atoms with van der Waals surface area (Å²) in [5, 5.41) is 2.43. The summed E-state index contributed by atoms with van der Waals surface area (Å²) in [5.74, 6) is -0.448. The maximum absolute atomic E-state index is 11.8. The molecule has 0 atom stereocenters. The van der Waals surface area contributed by atoms with Crippen molar-refractivity contribution in [2.24, 2.45) is 0 Å². The standard InChI is InChI=1S/C10H11ClF3NO2/c11-8-7(3-6-17-8)9(16)15-5-2-1-4-10(12,13)14/h3,6H,1-2,4-5H2,(H,15,16). The van der Waals surface area contributed by atoms with Gasteiger partial charge in [0.25, 0.3) is 5.91 Å². The van der Waals surface area contributed by atoms with E-state index < -0.39 is 18.5 Å². The third kappa shape index (κ3) is 5.12. The van der Waals surface area contributed by atoms with Gasteiger partial charge in [0.05, 0.1) is 11.8 Å². The zero-order valence-corrected chi connectivity index (χ0v) is 9.57. The van der Waals surface area contributed by atoms with Crippen LogP contribution in [0, 0.1) is 0 Å². The molecule has 0 radical (unpaired) electrons. The zero-order valence-electron chi connectivity index (χ0n) is 8.81. The van der Waals surface area contributed by atoms with E-state index >= 15 is 0 Å². The number of unbranched alkanes of at least 4 members (excludes halogenated alkanes) is 1. The Labute approximate surface area is 101 Å². The average Bonchev–Trinajstić information content (AvgIpc) is 2.62. The maximum atomic E-state index is 11.8. The molecule has 1 amide bonds. The number of carbonyl (C=O) groups excluding carboxylic acids is 1. The van der Waals surface area contributed by atoms with Gasteiger partial charge in [0.2, 0.25) is 5.22 Å². The van der Waals surface area contributed by atoms with Gasteiger partial charge in [-0.25, -0.2) is 0 Å². The van der Waals surface area contributed by atoms with Crippen LogP contribution in [0.2, 0.25) is 5.22 Å². The molecule has 0 aromatic carbocycles. The number of hydrogen-bond donors (Lipinski definition) is 1. The smallest absolute Gasteiger partial charge is 0.389 e. The molecule has 3 nitrogen and oxygen atoms in total. The Morgan fingerprint density at radius 3 is 2.65 bits per heavy atom. The van der Waals surface area contributed by atoms with Crippen molar-refractivity contribution >= 4 is 17.5 Å². The van der Waals surface area contributed by atoms with Crippen LogP contribution in [0.1, 0.15) is 29.6 Å². The van der Waals surface area contributed by atoms with E-state index in [-0.39, 0.29) is 30.2 Å². The lowest BCUT2D eigenvalue weighted by atomic mass is 10.2. The number of nitrogens with one attached hydrogen (secondary N) is 1. The second-order valence-corrected chi connectivity index (χ2v) is 3.78. The highest BCUT2D eigenvalue weighted by atomic mass is 35.5. The van der Waals surface area contributed by atoms with Gasteiger partial charge >= 0.3 is 6.18 Å². The van der Waals surface area contributed by atoms with Gasteiger partial charge in [-0.05, 0) is 30.5 Å². The average molecular weight is 270 g/mol. The van der Waals surface area contributed by atoms with Gasteiger partial charge in [0.15, 0.2) is 0 Å². The largest absolute Gasteiger partial charge is 0.452 e. The molecule has 0 saturated heterocycles. The van der Waals surface area contributed by atoms with Gasteiger partial charge in [0.1, 0.15) is 0 Å². The minimum absolute atomic E-state index is 0.0110. The summed E-state index contributed by atoms with van der Waals surface area (Å²) in [7, 11) is 0. The number of amides is 1. The number of halogens is 4. The van der Waals surface area contributed by atoms with E-state index in [1.165, 1.54) is 12.3 Å². The van der Waals surface area contributed by atoms with Crippen LogP contribution in [0.4, 0.5) is 13.2 Å². The van der Waals surface area contributed by atoms with Crippen molar-refractivity contribution in [1.29, 1.82) is 0 Å². The quantitative estimate of drug-likeness (QED) is 0.833. The Morgan fingerprint density at radius 1 is 1.41 bits per heavy atom. The van der Waals surface area contributed by atoms with Crippen LogP contribution in [-0.2, 0) is 0 Å². The molecule has 0 bridgehead atoms. The van der Waals surface area contributed by atoms with Crippen molar-refractivity contribution in [3.8, 4) is 0 Å². The fourth-order valence-corrected chi connectivity index (χ4v) is 1.40. The lowest BCUT2D eigenvalue weighted by Gasteiger charge is -2.06. The van der Waals surface area contributed by atoms with Crippen LogP contribution in [0.25, 0.3) is 0 Å². The van der Waals surface area contributed by atoms with Crippen LogP contribution >= 0.6 is 11.6 Å². The molecule has 0 unspecified atom stereocenters. The van der Waals surface area contributed by atoms with Crippen molar-refractivity contribution in [3.05, 3.63) is 23.1 Å². The van der Waals surface area contributed by atoms with Crippen molar-refractivity contribution in [2.75, 3.05) is 6.54 Å². The lowest BCUT2D eigenvalue weighted by Crippen LogP contribution is -2.24. The summed E-state index contributed by atoms with van der Waals surface area (Å²) in [6.45, 7) is 0.177. The predicted octanol–water partition coefficient (Wildman–Crippen LogP) is 3.40. The Bertz CT molecular complexity index is 376. The van der Waals surface area contributed by atoms with E-state index in [2.05, 4.69) is 5.32 Å². The van der Waals surface area contributed by atoms with E-state index in [9.17, 15) is 18.0 Å². The van der Waals surface area contributed by atoms with Crippen molar-refractivity contribution in [2.45, 2.75) is 25.4 Å². The highest BCUT2D eigenvalue weighted by Crippen LogP contribution is 2.22. The molecule has 0 saturated carbocycles.